The molecule has 1 aromatic carbocycles. The fourth-order valence-electron chi connectivity index (χ4n) is 2.37. The van der Waals surface area contributed by atoms with Crippen LogP contribution in [0.15, 0.2) is 41.5 Å². The largest absolute Gasteiger partial charge is 0.481 e. The van der Waals surface area contributed by atoms with E-state index in [1.807, 2.05) is 12.1 Å². The van der Waals surface area contributed by atoms with Gasteiger partial charge in [0.25, 0.3) is 0 Å². The molecule has 2 aromatic rings. The molecule has 0 saturated heterocycles. The van der Waals surface area contributed by atoms with Gasteiger partial charge in [0, 0.05) is 18.0 Å². The first-order chi connectivity index (χ1) is 11.2. The van der Waals surface area contributed by atoms with Crippen LogP contribution in [0.2, 0.25) is 0 Å². The van der Waals surface area contributed by atoms with Crippen LogP contribution in [-0.4, -0.2) is 18.1 Å². The van der Waals surface area contributed by atoms with Gasteiger partial charge in [0.05, 0.1) is 13.7 Å². The minimum Gasteiger partial charge on any atom is -0.481 e. The molecule has 0 saturated carbocycles. The maximum absolute atomic E-state index is 6.05. The quantitative estimate of drug-likeness (QED) is 0.408. The second-order valence-corrected chi connectivity index (χ2v) is 5.19. The number of methoxy groups -OCH3 is 1. The standard InChI is InChI=1S/C18H24N4O.HI/c1-4-14-7-6-8-15(5-2)17(14)22-18(19)21-12-13-9-10-16(23-3)20-11-13;/h6-11H,4-5,12H2,1-3H3,(H3,19,21,22);1H. The number of benzene rings is 1. The van der Waals surface area contributed by atoms with Crippen molar-refractivity contribution in [1.82, 2.24) is 4.98 Å². The van der Waals surface area contributed by atoms with Crippen LogP contribution in [0.1, 0.15) is 30.5 Å². The lowest BCUT2D eigenvalue weighted by Crippen LogP contribution is -2.24. The molecule has 0 fully saturated rings. The van der Waals surface area contributed by atoms with Gasteiger partial charge in [0.1, 0.15) is 0 Å². The third-order valence-electron chi connectivity index (χ3n) is 3.69. The summed E-state index contributed by atoms with van der Waals surface area (Å²) < 4.78 is 5.04. The molecule has 1 aromatic heterocycles. The van der Waals surface area contributed by atoms with Crippen molar-refractivity contribution in [3.8, 4) is 5.88 Å². The lowest BCUT2D eigenvalue weighted by atomic mass is 10.0. The van der Waals surface area contributed by atoms with Gasteiger partial charge in [0.2, 0.25) is 5.88 Å². The van der Waals surface area contributed by atoms with Gasteiger partial charge in [-0.2, -0.15) is 0 Å². The van der Waals surface area contributed by atoms with Gasteiger partial charge in [0.15, 0.2) is 5.96 Å². The summed E-state index contributed by atoms with van der Waals surface area (Å²) >= 11 is 0. The highest BCUT2D eigenvalue weighted by atomic mass is 127. The Hall–Kier alpha value is -1.83. The van der Waals surface area contributed by atoms with E-state index in [2.05, 4.69) is 47.3 Å². The van der Waals surface area contributed by atoms with Crippen LogP contribution < -0.4 is 15.8 Å². The lowest BCUT2D eigenvalue weighted by molar-refractivity contribution is 0.397. The summed E-state index contributed by atoms with van der Waals surface area (Å²) in [5.41, 5.74) is 10.6. The molecule has 6 heteroatoms. The number of ether oxygens (including phenoxy) is 1. The second-order valence-electron chi connectivity index (χ2n) is 5.19. The normalized spacial score (nSPS) is 10.9. The zero-order chi connectivity index (χ0) is 16.7. The number of hydrogen-bond acceptors (Lipinski definition) is 3. The van der Waals surface area contributed by atoms with E-state index in [1.54, 1.807) is 13.3 Å². The Morgan fingerprint density at radius 2 is 1.83 bits per heavy atom. The SMILES string of the molecule is CCc1cccc(CC)c1NC(N)=NCc1ccc(OC)nc1.I. The van der Waals surface area contributed by atoms with Crippen molar-refractivity contribution >= 4 is 35.6 Å². The van der Waals surface area contributed by atoms with Gasteiger partial charge >= 0.3 is 0 Å². The number of guanidine groups is 1. The molecule has 0 aliphatic heterocycles. The third kappa shape index (κ3) is 5.36. The summed E-state index contributed by atoms with van der Waals surface area (Å²) in [6.45, 7) is 4.75. The molecule has 0 amide bonds. The number of aromatic nitrogens is 1. The molecule has 2 rings (SSSR count). The molecular weight excluding hydrogens is 415 g/mol. The van der Waals surface area contributed by atoms with Crippen LogP contribution in [0.4, 0.5) is 5.69 Å². The molecule has 0 radical (unpaired) electrons. The Bertz CT molecular complexity index is 649. The van der Waals surface area contributed by atoms with E-state index in [1.165, 1.54) is 11.1 Å². The number of hydrogen-bond donors (Lipinski definition) is 2. The Labute approximate surface area is 160 Å². The second kappa shape index (κ2) is 10.1. The van der Waals surface area contributed by atoms with Gasteiger partial charge in [-0.3, -0.25) is 0 Å². The van der Waals surface area contributed by atoms with Crippen molar-refractivity contribution in [2.24, 2.45) is 10.7 Å². The van der Waals surface area contributed by atoms with Crippen molar-refractivity contribution in [2.75, 3.05) is 12.4 Å². The number of para-hydroxylation sites is 1. The molecule has 3 N–H and O–H groups in total. The van der Waals surface area contributed by atoms with Crippen molar-refractivity contribution < 1.29 is 4.74 Å². The molecule has 1 heterocycles. The van der Waals surface area contributed by atoms with E-state index in [0.29, 0.717) is 18.4 Å². The van der Waals surface area contributed by atoms with Crippen LogP contribution >= 0.6 is 24.0 Å². The summed E-state index contributed by atoms with van der Waals surface area (Å²) in [5, 5.41) is 3.26. The number of nitrogens with two attached hydrogens (primary N) is 1. The molecule has 0 aliphatic carbocycles. The summed E-state index contributed by atoms with van der Waals surface area (Å²) in [6, 6.07) is 10.1. The highest BCUT2D eigenvalue weighted by Gasteiger charge is 2.07. The lowest BCUT2D eigenvalue weighted by Gasteiger charge is -2.14. The van der Waals surface area contributed by atoms with Crippen molar-refractivity contribution in [3.63, 3.8) is 0 Å². The average molecular weight is 440 g/mol. The maximum Gasteiger partial charge on any atom is 0.212 e. The summed E-state index contributed by atoms with van der Waals surface area (Å²) in [5.74, 6) is 1.00. The number of halogens is 1. The maximum atomic E-state index is 6.05. The monoisotopic (exact) mass is 440 g/mol. The Morgan fingerprint density at radius 3 is 2.33 bits per heavy atom. The summed E-state index contributed by atoms with van der Waals surface area (Å²) in [4.78, 5) is 8.56. The van der Waals surface area contributed by atoms with Crippen LogP contribution in [0.5, 0.6) is 5.88 Å². The fourth-order valence-corrected chi connectivity index (χ4v) is 2.37. The number of nitrogens with one attached hydrogen (secondary N) is 1. The van der Waals surface area contributed by atoms with E-state index < -0.39 is 0 Å². The first-order valence-corrected chi connectivity index (χ1v) is 7.84. The zero-order valence-electron chi connectivity index (χ0n) is 14.4. The molecule has 5 nitrogen and oxygen atoms in total. The zero-order valence-corrected chi connectivity index (χ0v) is 16.7. The Morgan fingerprint density at radius 1 is 1.17 bits per heavy atom. The first-order valence-electron chi connectivity index (χ1n) is 7.84. The minimum atomic E-state index is 0. The molecule has 0 bridgehead atoms. The van der Waals surface area contributed by atoms with Crippen LogP contribution in [0, 0.1) is 0 Å². The number of rotatable bonds is 6. The third-order valence-corrected chi connectivity index (χ3v) is 3.69. The summed E-state index contributed by atoms with van der Waals surface area (Å²) in [7, 11) is 1.60. The van der Waals surface area contributed by atoms with Crippen molar-refractivity contribution in [2.45, 2.75) is 33.2 Å². The Kier molecular flexibility index (Phi) is 8.53. The number of aryl methyl sites for hydroxylation is 2. The van der Waals surface area contributed by atoms with Gasteiger partial charge in [-0.1, -0.05) is 38.1 Å². The fraction of sp³-hybridized carbons (Fsp3) is 0.333. The van der Waals surface area contributed by atoms with Gasteiger partial charge in [-0.15, -0.1) is 24.0 Å². The van der Waals surface area contributed by atoms with E-state index >= 15 is 0 Å². The summed E-state index contributed by atoms with van der Waals surface area (Å²) in [6.07, 6.45) is 3.64. The molecular formula is C18H25IN4O. The number of pyridine rings is 1. The highest BCUT2D eigenvalue weighted by molar-refractivity contribution is 14.0. The number of aliphatic imine (C=N–C) groups is 1. The number of nitrogens with zero attached hydrogens (tertiary/aromatic N) is 2. The minimum absolute atomic E-state index is 0. The predicted octanol–water partition coefficient (Wildman–Crippen LogP) is 3.76. The predicted molar refractivity (Wildman–Crippen MR) is 110 cm³/mol. The van der Waals surface area contributed by atoms with E-state index in [0.717, 1.165) is 24.1 Å². The molecule has 0 atom stereocenters. The average Bonchev–Trinajstić information content (AvgIpc) is 2.60. The Balaban J connectivity index is 0.00000288. The van der Waals surface area contributed by atoms with Crippen molar-refractivity contribution in [3.05, 3.63) is 53.2 Å². The molecule has 130 valence electrons. The van der Waals surface area contributed by atoms with Gasteiger partial charge in [-0.05, 0) is 29.5 Å². The topological polar surface area (TPSA) is 72.5 Å². The highest BCUT2D eigenvalue weighted by Crippen LogP contribution is 2.22. The van der Waals surface area contributed by atoms with Crippen LogP contribution in [0.25, 0.3) is 0 Å². The van der Waals surface area contributed by atoms with Gasteiger partial charge < -0.3 is 15.8 Å². The van der Waals surface area contributed by atoms with E-state index in [-0.39, 0.29) is 24.0 Å². The molecule has 0 spiro atoms. The van der Waals surface area contributed by atoms with Gasteiger partial charge in [-0.25, -0.2) is 9.98 Å². The van der Waals surface area contributed by atoms with Crippen LogP contribution in [0.3, 0.4) is 0 Å². The number of anilines is 1. The smallest absolute Gasteiger partial charge is 0.212 e. The van der Waals surface area contributed by atoms with Crippen LogP contribution in [-0.2, 0) is 19.4 Å². The first kappa shape index (κ1) is 20.2. The molecule has 0 unspecified atom stereocenters. The molecule has 24 heavy (non-hydrogen) atoms. The van der Waals surface area contributed by atoms with E-state index in [9.17, 15) is 0 Å². The van der Waals surface area contributed by atoms with Crippen molar-refractivity contribution in [1.29, 1.82) is 0 Å². The molecule has 0 aliphatic rings. The van der Waals surface area contributed by atoms with E-state index in [4.69, 9.17) is 10.5 Å².